The third kappa shape index (κ3) is 5.75. The van der Waals surface area contributed by atoms with Gasteiger partial charge in [0.2, 0.25) is 0 Å². The molecule has 0 spiro atoms. The zero-order chi connectivity index (χ0) is 24.0. The molecule has 0 amide bonds. The van der Waals surface area contributed by atoms with E-state index in [4.69, 9.17) is 9.47 Å². The Balaban J connectivity index is 1.34. The first kappa shape index (κ1) is 23.2. The topological polar surface area (TPSA) is 41.9 Å². The summed E-state index contributed by atoms with van der Waals surface area (Å²) in [5.74, 6) is 2.06. The van der Waals surface area contributed by atoms with E-state index >= 15 is 0 Å². The standard InChI is InChI=1S/C30H30FNO3/c31-24-8-5-22(6-9-24)28-15-7-23-21-25(33)10-16-29(23)30(28)35-27-13-11-26(12-14-27)34-20-19-32-17-3-1-2-4-18-32/h5-16,21,33H,1-4,17-20H2. The Labute approximate surface area is 205 Å². The molecule has 1 heterocycles. The number of phenolic OH excluding ortho intramolecular Hbond substituents is 1. The van der Waals surface area contributed by atoms with Crippen LogP contribution in [0.3, 0.4) is 0 Å². The molecule has 5 heteroatoms. The first-order chi connectivity index (χ1) is 17.2. The van der Waals surface area contributed by atoms with Crippen molar-refractivity contribution in [1.82, 2.24) is 4.90 Å². The smallest absolute Gasteiger partial charge is 0.143 e. The molecule has 4 aromatic rings. The summed E-state index contributed by atoms with van der Waals surface area (Å²) in [6.07, 6.45) is 5.22. The van der Waals surface area contributed by atoms with Gasteiger partial charge in [-0.25, -0.2) is 4.39 Å². The van der Waals surface area contributed by atoms with E-state index in [0.29, 0.717) is 18.1 Å². The summed E-state index contributed by atoms with van der Waals surface area (Å²) in [5, 5.41) is 11.7. The van der Waals surface area contributed by atoms with E-state index in [1.54, 1.807) is 24.3 Å². The van der Waals surface area contributed by atoms with Crippen LogP contribution in [0, 0.1) is 5.82 Å². The minimum absolute atomic E-state index is 0.194. The number of aromatic hydroxyl groups is 1. The highest BCUT2D eigenvalue weighted by atomic mass is 19.1. The second-order valence-electron chi connectivity index (χ2n) is 9.03. The van der Waals surface area contributed by atoms with Crippen LogP contribution in [0.15, 0.2) is 78.9 Å². The maximum atomic E-state index is 13.5. The zero-order valence-corrected chi connectivity index (χ0v) is 19.8. The van der Waals surface area contributed by atoms with E-state index in [0.717, 1.165) is 47.3 Å². The summed E-state index contributed by atoms with van der Waals surface area (Å²) in [5.41, 5.74) is 1.70. The predicted molar refractivity (Wildman–Crippen MR) is 138 cm³/mol. The number of hydrogen-bond acceptors (Lipinski definition) is 4. The van der Waals surface area contributed by atoms with Crippen LogP contribution in [0.5, 0.6) is 23.0 Å². The molecule has 0 radical (unpaired) electrons. The van der Waals surface area contributed by atoms with E-state index in [1.807, 2.05) is 42.5 Å². The number of halogens is 1. The minimum atomic E-state index is -0.284. The second kappa shape index (κ2) is 10.8. The van der Waals surface area contributed by atoms with Crippen LogP contribution in [-0.2, 0) is 0 Å². The third-order valence-electron chi connectivity index (χ3n) is 6.53. The highest BCUT2D eigenvalue weighted by molar-refractivity contribution is 5.96. The summed E-state index contributed by atoms with van der Waals surface area (Å²) >= 11 is 0. The summed E-state index contributed by atoms with van der Waals surface area (Å²) in [6, 6.07) is 23.1. The number of ether oxygens (including phenoxy) is 2. The molecule has 0 saturated carbocycles. The van der Waals surface area contributed by atoms with E-state index in [2.05, 4.69) is 4.90 Å². The van der Waals surface area contributed by atoms with Gasteiger partial charge in [-0.3, -0.25) is 4.90 Å². The van der Waals surface area contributed by atoms with Gasteiger partial charge in [-0.2, -0.15) is 0 Å². The molecular formula is C30H30FNO3. The van der Waals surface area contributed by atoms with Crippen molar-refractivity contribution in [2.75, 3.05) is 26.2 Å². The molecule has 0 atom stereocenters. The number of hydrogen-bond donors (Lipinski definition) is 1. The molecule has 1 saturated heterocycles. The minimum Gasteiger partial charge on any atom is -0.508 e. The molecule has 0 aliphatic carbocycles. The van der Waals surface area contributed by atoms with Crippen molar-refractivity contribution in [2.24, 2.45) is 0 Å². The highest BCUT2D eigenvalue weighted by Gasteiger charge is 2.14. The Morgan fingerprint density at radius 1 is 0.771 bits per heavy atom. The SMILES string of the molecule is Oc1ccc2c(Oc3ccc(OCCN4CCCCCC4)cc3)c(-c3ccc(F)cc3)ccc2c1. The molecule has 4 aromatic carbocycles. The lowest BCUT2D eigenvalue weighted by molar-refractivity contribution is 0.214. The first-order valence-electron chi connectivity index (χ1n) is 12.3. The van der Waals surface area contributed by atoms with E-state index in [-0.39, 0.29) is 11.6 Å². The van der Waals surface area contributed by atoms with Gasteiger partial charge >= 0.3 is 0 Å². The van der Waals surface area contributed by atoms with Crippen molar-refractivity contribution in [2.45, 2.75) is 25.7 Å². The van der Waals surface area contributed by atoms with Crippen molar-refractivity contribution in [3.05, 3.63) is 84.7 Å². The van der Waals surface area contributed by atoms with Crippen LogP contribution < -0.4 is 9.47 Å². The van der Waals surface area contributed by atoms with Gasteiger partial charge in [0, 0.05) is 17.5 Å². The maximum Gasteiger partial charge on any atom is 0.143 e. The fourth-order valence-corrected chi connectivity index (χ4v) is 4.63. The van der Waals surface area contributed by atoms with Crippen molar-refractivity contribution >= 4 is 10.8 Å². The van der Waals surface area contributed by atoms with Crippen molar-refractivity contribution in [1.29, 1.82) is 0 Å². The maximum absolute atomic E-state index is 13.5. The second-order valence-corrected chi connectivity index (χ2v) is 9.03. The van der Waals surface area contributed by atoms with Crippen molar-refractivity contribution in [3.63, 3.8) is 0 Å². The zero-order valence-electron chi connectivity index (χ0n) is 19.8. The summed E-state index contributed by atoms with van der Waals surface area (Å²) < 4.78 is 25.9. The van der Waals surface area contributed by atoms with Crippen LogP contribution in [0.4, 0.5) is 4.39 Å². The molecule has 35 heavy (non-hydrogen) atoms. The summed E-state index contributed by atoms with van der Waals surface area (Å²) in [4.78, 5) is 2.49. The Morgan fingerprint density at radius 2 is 1.49 bits per heavy atom. The van der Waals surface area contributed by atoms with E-state index in [9.17, 15) is 9.50 Å². The van der Waals surface area contributed by atoms with E-state index in [1.165, 1.54) is 37.8 Å². The molecule has 5 rings (SSSR count). The number of likely N-dealkylation sites (tertiary alicyclic amines) is 1. The lowest BCUT2D eigenvalue weighted by Gasteiger charge is -2.19. The Morgan fingerprint density at radius 3 is 2.23 bits per heavy atom. The normalized spacial score (nSPS) is 14.5. The average Bonchev–Trinajstić information content (AvgIpc) is 3.15. The van der Waals surface area contributed by atoms with Gasteiger partial charge in [-0.1, -0.05) is 31.0 Å². The van der Waals surface area contributed by atoms with Gasteiger partial charge in [0.25, 0.3) is 0 Å². The Kier molecular flexibility index (Phi) is 7.15. The van der Waals surface area contributed by atoms with Crippen LogP contribution in [0.1, 0.15) is 25.7 Å². The molecule has 1 N–H and O–H groups in total. The van der Waals surface area contributed by atoms with Crippen LogP contribution in [0.2, 0.25) is 0 Å². The molecular weight excluding hydrogens is 441 g/mol. The molecule has 180 valence electrons. The average molecular weight is 472 g/mol. The van der Waals surface area contributed by atoms with E-state index < -0.39 is 0 Å². The van der Waals surface area contributed by atoms with Crippen LogP contribution >= 0.6 is 0 Å². The first-order valence-corrected chi connectivity index (χ1v) is 12.3. The number of fused-ring (bicyclic) bond motifs is 1. The van der Waals surface area contributed by atoms with Crippen molar-refractivity contribution < 1.29 is 19.0 Å². The van der Waals surface area contributed by atoms with Gasteiger partial charge in [0.1, 0.15) is 35.4 Å². The highest BCUT2D eigenvalue weighted by Crippen LogP contribution is 2.40. The fourth-order valence-electron chi connectivity index (χ4n) is 4.63. The molecule has 1 aliphatic rings. The largest absolute Gasteiger partial charge is 0.508 e. The monoisotopic (exact) mass is 471 g/mol. The quantitative estimate of drug-likeness (QED) is 0.305. The Bertz CT molecular complexity index is 1260. The fraction of sp³-hybridized carbons (Fsp3) is 0.267. The predicted octanol–water partition coefficient (Wildman–Crippen LogP) is 7.40. The molecule has 1 aliphatic heterocycles. The van der Waals surface area contributed by atoms with Gasteiger partial charge < -0.3 is 14.6 Å². The number of phenols is 1. The van der Waals surface area contributed by atoms with Crippen LogP contribution in [0.25, 0.3) is 21.9 Å². The number of nitrogens with zero attached hydrogens (tertiary/aromatic N) is 1. The van der Waals surface area contributed by atoms with Crippen LogP contribution in [-0.4, -0.2) is 36.2 Å². The van der Waals surface area contributed by atoms with Gasteiger partial charge in [0.05, 0.1) is 0 Å². The Hall–Kier alpha value is -3.57. The third-order valence-corrected chi connectivity index (χ3v) is 6.53. The van der Waals surface area contributed by atoms with Gasteiger partial charge in [-0.15, -0.1) is 0 Å². The molecule has 0 bridgehead atoms. The number of rotatable bonds is 7. The molecule has 0 aromatic heterocycles. The molecule has 1 fully saturated rings. The lowest BCUT2D eigenvalue weighted by atomic mass is 9.99. The summed E-state index contributed by atoms with van der Waals surface area (Å²) in [7, 11) is 0. The molecule has 4 nitrogen and oxygen atoms in total. The number of benzene rings is 4. The van der Waals surface area contributed by atoms with Gasteiger partial charge in [0.15, 0.2) is 0 Å². The summed E-state index contributed by atoms with van der Waals surface area (Å²) in [6.45, 7) is 3.94. The van der Waals surface area contributed by atoms with Gasteiger partial charge in [-0.05, 0) is 97.5 Å². The lowest BCUT2D eigenvalue weighted by Crippen LogP contribution is -2.29. The molecule has 0 unspecified atom stereocenters. The van der Waals surface area contributed by atoms with Crippen molar-refractivity contribution in [3.8, 4) is 34.1 Å².